The highest BCUT2D eigenvalue weighted by Crippen LogP contribution is 2.29. The summed E-state index contributed by atoms with van der Waals surface area (Å²) >= 11 is 0. The predicted octanol–water partition coefficient (Wildman–Crippen LogP) is 2.64. The Morgan fingerprint density at radius 3 is 2.54 bits per heavy atom. The fraction of sp³-hybridized carbons (Fsp3) is 0.350. The van der Waals surface area contributed by atoms with Gasteiger partial charge in [0.15, 0.2) is 0 Å². The van der Waals surface area contributed by atoms with E-state index in [9.17, 15) is 13.2 Å². The molecule has 0 fully saturated rings. The van der Waals surface area contributed by atoms with Gasteiger partial charge in [-0.15, -0.1) is 0 Å². The van der Waals surface area contributed by atoms with Crippen LogP contribution in [0.2, 0.25) is 0 Å². The third-order valence-corrected chi connectivity index (χ3v) is 5.89. The van der Waals surface area contributed by atoms with Gasteiger partial charge in [-0.3, -0.25) is 4.79 Å². The van der Waals surface area contributed by atoms with Gasteiger partial charge in [-0.2, -0.15) is 4.31 Å². The molecule has 0 aromatic heterocycles. The number of rotatable bonds is 6. The summed E-state index contributed by atoms with van der Waals surface area (Å²) in [6.45, 7) is 0.0146. The average molecular weight is 372 g/mol. The third kappa shape index (κ3) is 4.71. The second-order valence-corrected chi connectivity index (χ2v) is 8.71. The smallest absolute Gasteiger partial charge is 0.235 e. The zero-order valence-corrected chi connectivity index (χ0v) is 15.7. The van der Waals surface area contributed by atoms with Crippen molar-refractivity contribution >= 4 is 15.9 Å². The van der Waals surface area contributed by atoms with Gasteiger partial charge in [0.2, 0.25) is 15.9 Å². The number of sulfonamides is 1. The Hall–Kier alpha value is -2.18. The summed E-state index contributed by atoms with van der Waals surface area (Å²) in [5, 5.41) is 3.02. The van der Waals surface area contributed by atoms with Crippen LogP contribution in [0.25, 0.3) is 0 Å². The molecule has 1 N–H and O–H groups in total. The molecule has 0 spiro atoms. The highest BCUT2D eigenvalue weighted by Gasteiger charge is 2.25. The first-order valence-corrected chi connectivity index (χ1v) is 10.6. The molecular weight excluding hydrogens is 348 g/mol. The average Bonchev–Trinajstić information content (AvgIpc) is 2.61. The summed E-state index contributed by atoms with van der Waals surface area (Å²) in [5.74, 6) is -0.270. The van der Waals surface area contributed by atoms with E-state index in [1.54, 1.807) is 0 Å². The molecule has 1 unspecified atom stereocenters. The first-order chi connectivity index (χ1) is 12.4. The number of fused-ring (bicyclic) bond motifs is 1. The number of hydrogen-bond donors (Lipinski definition) is 1. The molecule has 0 bridgehead atoms. The summed E-state index contributed by atoms with van der Waals surface area (Å²) in [4.78, 5) is 12.6. The van der Waals surface area contributed by atoms with Crippen LogP contribution >= 0.6 is 0 Å². The van der Waals surface area contributed by atoms with E-state index in [-0.39, 0.29) is 25.0 Å². The van der Waals surface area contributed by atoms with Crippen LogP contribution in [0.5, 0.6) is 0 Å². The van der Waals surface area contributed by atoms with Gasteiger partial charge in [0, 0.05) is 6.54 Å². The minimum atomic E-state index is -3.49. The summed E-state index contributed by atoms with van der Waals surface area (Å²) in [6, 6.07) is 17.4. The topological polar surface area (TPSA) is 66.5 Å². The lowest BCUT2D eigenvalue weighted by molar-refractivity contribution is -0.122. The second kappa shape index (κ2) is 8.01. The zero-order valence-electron chi connectivity index (χ0n) is 14.9. The van der Waals surface area contributed by atoms with E-state index in [4.69, 9.17) is 0 Å². The van der Waals surface area contributed by atoms with Gasteiger partial charge >= 0.3 is 0 Å². The lowest BCUT2D eigenvalue weighted by Crippen LogP contribution is -2.41. The van der Waals surface area contributed by atoms with Crippen molar-refractivity contribution in [1.82, 2.24) is 9.62 Å². The van der Waals surface area contributed by atoms with Crippen LogP contribution in [0.3, 0.4) is 0 Å². The molecule has 1 aliphatic rings. The molecule has 0 saturated carbocycles. The molecule has 2 aromatic carbocycles. The molecule has 26 heavy (non-hydrogen) atoms. The minimum Gasteiger partial charge on any atom is -0.348 e. The maximum absolute atomic E-state index is 12.6. The standard InChI is InChI=1S/C20H24N2O3S/c1-26(24,25)22(14-16-8-3-2-4-9-16)15-20(23)21-19-13-7-11-17-10-5-6-12-18(17)19/h2-6,8-10,12,19H,7,11,13-15H2,1H3,(H,21,23). The van der Waals surface area contributed by atoms with Crippen LogP contribution in [-0.4, -0.2) is 31.4 Å². The zero-order chi connectivity index (χ0) is 18.6. The highest BCUT2D eigenvalue weighted by molar-refractivity contribution is 7.88. The largest absolute Gasteiger partial charge is 0.348 e. The van der Waals surface area contributed by atoms with E-state index in [0.29, 0.717) is 0 Å². The molecule has 2 aromatic rings. The number of benzene rings is 2. The maximum Gasteiger partial charge on any atom is 0.235 e. The Balaban J connectivity index is 1.69. The van der Waals surface area contributed by atoms with Crippen LogP contribution in [0, 0.1) is 0 Å². The number of carbonyl (C=O) groups is 1. The van der Waals surface area contributed by atoms with E-state index < -0.39 is 10.0 Å². The SMILES string of the molecule is CS(=O)(=O)N(CC(=O)NC1CCCc2ccccc21)Cc1ccccc1. The van der Waals surface area contributed by atoms with Gasteiger partial charge in [0.1, 0.15) is 0 Å². The van der Waals surface area contributed by atoms with Crippen molar-refractivity contribution < 1.29 is 13.2 Å². The number of hydrogen-bond acceptors (Lipinski definition) is 3. The van der Waals surface area contributed by atoms with Crippen LogP contribution in [0.4, 0.5) is 0 Å². The molecule has 0 saturated heterocycles. The van der Waals surface area contributed by atoms with Gasteiger partial charge in [-0.25, -0.2) is 8.42 Å². The molecule has 1 amide bonds. The Labute approximate surface area is 155 Å². The molecule has 3 rings (SSSR count). The lowest BCUT2D eigenvalue weighted by atomic mass is 9.88. The monoisotopic (exact) mass is 372 g/mol. The highest BCUT2D eigenvalue weighted by atomic mass is 32.2. The molecule has 138 valence electrons. The normalized spacial score (nSPS) is 16.9. The van der Waals surface area contributed by atoms with Crippen LogP contribution in [0.1, 0.15) is 35.6 Å². The van der Waals surface area contributed by atoms with Crippen molar-refractivity contribution in [3.63, 3.8) is 0 Å². The van der Waals surface area contributed by atoms with Crippen molar-refractivity contribution in [1.29, 1.82) is 0 Å². The summed E-state index contributed by atoms with van der Waals surface area (Å²) in [7, 11) is -3.49. The molecule has 6 heteroatoms. The molecule has 0 aliphatic heterocycles. The molecule has 1 atom stereocenters. The van der Waals surface area contributed by atoms with Crippen LogP contribution < -0.4 is 5.32 Å². The Morgan fingerprint density at radius 2 is 1.81 bits per heavy atom. The van der Waals surface area contributed by atoms with E-state index in [0.717, 1.165) is 36.6 Å². The van der Waals surface area contributed by atoms with Crippen LogP contribution in [-0.2, 0) is 27.8 Å². The van der Waals surface area contributed by atoms with Crippen LogP contribution in [0.15, 0.2) is 54.6 Å². The number of amides is 1. The van der Waals surface area contributed by atoms with Gasteiger partial charge < -0.3 is 5.32 Å². The quantitative estimate of drug-likeness (QED) is 0.848. The number of nitrogens with one attached hydrogen (secondary N) is 1. The van der Waals surface area contributed by atoms with Crippen molar-refractivity contribution in [2.45, 2.75) is 31.8 Å². The van der Waals surface area contributed by atoms with Crippen molar-refractivity contribution in [2.75, 3.05) is 12.8 Å². The van der Waals surface area contributed by atoms with E-state index in [1.165, 1.54) is 9.87 Å². The van der Waals surface area contributed by atoms with Crippen molar-refractivity contribution in [3.8, 4) is 0 Å². The molecule has 0 radical (unpaired) electrons. The fourth-order valence-corrected chi connectivity index (χ4v) is 4.12. The van der Waals surface area contributed by atoms with Gasteiger partial charge in [0.05, 0.1) is 18.8 Å². The van der Waals surface area contributed by atoms with E-state index in [1.807, 2.05) is 48.5 Å². The minimum absolute atomic E-state index is 0.0504. The maximum atomic E-state index is 12.6. The summed E-state index contributed by atoms with van der Waals surface area (Å²) in [5.41, 5.74) is 3.25. The molecule has 1 aliphatic carbocycles. The first-order valence-electron chi connectivity index (χ1n) is 8.80. The molecule has 0 heterocycles. The number of nitrogens with zero attached hydrogens (tertiary/aromatic N) is 1. The van der Waals surface area contributed by atoms with Gasteiger partial charge in [-0.1, -0.05) is 54.6 Å². The predicted molar refractivity (Wildman–Crippen MR) is 102 cm³/mol. The molecular formula is C20H24N2O3S. The molecule has 5 nitrogen and oxygen atoms in total. The lowest BCUT2D eigenvalue weighted by Gasteiger charge is -2.27. The van der Waals surface area contributed by atoms with Gasteiger partial charge in [-0.05, 0) is 36.0 Å². The van der Waals surface area contributed by atoms with Crippen molar-refractivity contribution in [3.05, 3.63) is 71.3 Å². The Morgan fingerprint density at radius 1 is 1.12 bits per heavy atom. The first kappa shape index (κ1) is 18.6. The summed E-state index contributed by atoms with van der Waals surface area (Å²) in [6.07, 6.45) is 4.05. The summed E-state index contributed by atoms with van der Waals surface area (Å²) < 4.78 is 25.4. The number of carbonyl (C=O) groups excluding carboxylic acids is 1. The Kier molecular flexibility index (Phi) is 5.74. The van der Waals surface area contributed by atoms with E-state index >= 15 is 0 Å². The van der Waals surface area contributed by atoms with Gasteiger partial charge in [0.25, 0.3) is 0 Å². The number of aryl methyl sites for hydroxylation is 1. The van der Waals surface area contributed by atoms with E-state index in [2.05, 4.69) is 11.4 Å². The Bertz CT molecular complexity index is 866. The van der Waals surface area contributed by atoms with Crippen molar-refractivity contribution in [2.24, 2.45) is 0 Å². The fourth-order valence-electron chi connectivity index (χ4n) is 3.38. The second-order valence-electron chi connectivity index (χ2n) is 6.73. The third-order valence-electron chi connectivity index (χ3n) is 4.70.